The number of aryl methyl sites for hydroxylation is 1. The van der Waals surface area contributed by atoms with Crippen molar-refractivity contribution >= 4 is 17.3 Å². The molecule has 0 aliphatic carbocycles. The number of halogens is 1. The van der Waals surface area contributed by atoms with E-state index in [1.54, 1.807) is 31.4 Å². The molecule has 128 valence electrons. The van der Waals surface area contributed by atoms with Crippen LogP contribution < -0.4 is 15.4 Å². The van der Waals surface area contributed by atoms with Gasteiger partial charge in [0, 0.05) is 18.2 Å². The van der Waals surface area contributed by atoms with Gasteiger partial charge in [-0.1, -0.05) is 24.3 Å². The number of anilines is 3. The van der Waals surface area contributed by atoms with Crippen molar-refractivity contribution in [2.24, 2.45) is 0 Å². The molecule has 2 N–H and O–H groups in total. The molecule has 0 aliphatic rings. The molecule has 0 amide bonds. The quantitative estimate of drug-likeness (QED) is 0.702. The fraction of sp³-hybridized carbons (Fsp3) is 0.158. The second-order valence-electron chi connectivity index (χ2n) is 5.56. The Balaban J connectivity index is 1.74. The lowest BCUT2D eigenvalue weighted by Gasteiger charge is -2.12. The highest BCUT2D eigenvalue weighted by Gasteiger charge is 2.06. The monoisotopic (exact) mass is 338 g/mol. The molecular formula is C19H19FN4O. The van der Waals surface area contributed by atoms with Crippen molar-refractivity contribution in [1.82, 2.24) is 9.97 Å². The van der Waals surface area contributed by atoms with Crippen molar-refractivity contribution in [2.75, 3.05) is 17.7 Å². The highest BCUT2D eigenvalue weighted by molar-refractivity contribution is 5.66. The van der Waals surface area contributed by atoms with Crippen LogP contribution in [0.4, 0.5) is 21.7 Å². The smallest absolute Gasteiger partial charge is 0.142 e. The number of aromatic nitrogens is 2. The molecule has 0 saturated heterocycles. The Kier molecular flexibility index (Phi) is 5.09. The molecule has 5 nitrogen and oxygen atoms in total. The highest BCUT2D eigenvalue weighted by atomic mass is 19.1. The third-order valence-corrected chi connectivity index (χ3v) is 3.70. The molecule has 1 heterocycles. The van der Waals surface area contributed by atoms with Crippen LogP contribution in [0.1, 0.15) is 11.1 Å². The molecule has 3 rings (SSSR count). The molecule has 0 unspecified atom stereocenters. The average molecular weight is 338 g/mol. The van der Waals surface area contributed by atoms with Crippen molar-refractivity contribution < 1.29 is 9.13 Å². The maximum absolute atomic E-state index is 13.7. The summed E-state index contributed by atoms with van der Waals surface area (Å²) in [5.74, 6) is 1.71. The van der Waals surface area contributed by atoms with Crippen LogP contribution in [0.3, 0.4) is 0 Å². The predicted molar refractivity (Wildman–Crippen MR) is 96.8 cm³/mol. The molecule has 3 aromatic rings. The number of rotatable bonds is 6. The molecule has 1 aromatic heterocycles. The first-order chi connectivity index (χ1) is 12.2. The van der Waals surface area contributed by atoms with Crippen LogP contribution in [-0.4, -0.2) is 17.1 Å². The molecule has 6 heteroatoms. The topological polar surface area (TPSA) is 59.1 Å². The van der Waals surface area contributed by atoms with Gasteiger partial charge in [0.05, 0.1) is 12.8 Å². The lowest BCUT2D eigenvalue weighted by Crippen LogP contribution is -2.05. The Hall–Kier alpha value is -3.15. The van der Waals surface area contributed by atoms with E-state index >= 15 is 0 Å². The molecule has 0 atom stereocenters. The molecule has 25 heavy (non-hydrogen) atoms. The largest absolute Gasteiger partial charge is 0.495 e. The third kappa shape index (κ3) is 4.23. The molecular weight excluding hydrogens is 319 g/mol. The summed E-state index contributed by atoms with van der Waals surface area (Å²) in [6, 6.07) is 14.3. The first-order valence-corrected chi connectivity index (χ1v) is 7.86. The zero-order chi connectivity index (χ0) is 17.6. The van der Waals surface area contributed by atoms with Crippen molar-refractivity contribution in [2.45, 2.75) is 13.5 Å². The van der Waals surface area contributed by atoms with Gasteiger partial charge in [-0.2, -0.15) is 0 Å². The van der Waals surface area contributed by atoms with Gasteiger partial charge in [0.1, 0.15) is 29.5 Å². The third-order valence-electron chi connectivity index (χ3n) is 3.70. The van der Waals surface area contributed by atoms with Crippen LogP contribution in [0.25, 0.3) is 0 Å². The molecule has 0 radical (unpaired) electrons. The van der Waals surface area contributed by atoms with Crippen LogP contribution >= 0.6 is 0 Å². The summed E-state index contributed by atoms with van der Waals surface area (Å²) in [5.41, 5.74) is 2.51. The minimum Gasteiger partial charge on any atom is -0.495 e. The summed E-state index contributed by atoms with van der Waals surface area (Å²) in [5, 5.41) is 6.33. The summed E-state index contributed by atoms with van der Waals surface area (Å²) >= 11 is 0. The number of hydrogen-bond donors (Lipinski definition) is 2. The number of nitrogens with one attached hydrogen (secondary N) is 2. The minimum atomic E-state index is -0.244. The van der Waals surface area contributed by atoms with Crippen LogP contribution in [-0.2, 0) is 6.54 Å². The van der Waals surface area contributed by atoms with Crippen LogP contribution in [0.5, 0.6) is 5.75 Å². The van der Waals surface area contributed by atoms with Gasteiger partial charge < -0.3 is 15.4 Å². The second kappa shape index (κ2) is 7.61. The Bertz CT molecular complexity index is 870. The Labute approximate surface area is 145 Å². The van der Waals surface area contributed by atoms with Crippen molar-refractivity contribution in [3.05, 3.63) is 71.8 Å². The lowest BCUT2D eigenvalue weighted by atomic mass is 10.2. The second-order valence-corrected chi connectivity index (χ2v) is 5.56. The van der Waals surface area contributed by atoms with E-state index in [9.17, 15) is 4.39 Å². The molecule has 0 aliphatic heterocycles. The average Bonchev–Trinajstić information content (AvgIpc) is 2.62. The first kappa shape index (κ1) is 16.7. The van der Waals surface area contributed by atoms with E-state index in [1.807, 2.05) is 25.1 Å². The molecule has 0 spiro atoms. The van der Waals surface area contributed by atoms with Crippen molar-refractivity contribution in [3.63, 3.8) is 0 Å². The van der Waals surface area contributed by atoms with Gasteiger partial charge in [-0.05, 0) is 30.7 Å². The number of ether oxygens (including phenoxy) is 1. The van der Waals surface area contributed by atoms with Gasteiger partial charge >= 0.3 is 0 Å². The Morgan fingerprint density at radius 2 is 1.84 bits per heavy atom. The van der Waals surface area contributed by atoms with E-state index in [-0.39, 0.29) is 5.82 Å². The number of methoxy groups -OCH3 is 1. The summed E-state index contributed by atoms with van der Waals surface area (Å²) in [4.78, 5) is 8.39. The van der Waals surface area contributed by atoms with E-state index in [1.165, 1.54) is 12.4 Å². The standard InChI is InChI=1S/C19H19FN4O/c1-13-7-8-17(25-2)16(9-13)24-19-10-18(22-12-23-19)21-11-14-5-3-4-6-15(14)20/h3-10,12H,11H2,1-2H3,(H2,21,22,23,24). The SMILES string of the molecule is COc1ccc(C)cc1Nc1cc(NCc2ccccc2F)ncn1. The summed E-state index contributed by atoms with van der Waals surface area (Å²) in [7, 11) is 1.62. The molecule has 0 saturated carbocycles. The van der Waals surface area contributed by atoms with Gasteiger partial charge in [0.2, 0.25) is 0 Å². The fourth-order valence-corrected chi connectivity index (χ4v) is 2.41. The summed E-state index contributed by atoms with van der Waals surface area (Å²) < 4.78 is 19.0. The van der Waals surface area contributed by atoms with E-state index in [0.717, 1.165) is 17.0 Å². The number of benzene rings is 2. The predicted octanol–water partition coefficient (Wildman–Crippen LogP) is 4.29. The van der Waals surface area contributed by atoms with Crippen molar-refractivity contribution in [3.8, 4) is 5.75 Å². The van der Waals surface area contributed by atoms with E-state index in [2.05, 4.69) is 20.6 Å². The highest BCUT2D eigenvalue weighted by Crippen LogP contribution is 2.28. The number of hydrogen-bond acceptors (Lipinski definition) is 5. The van der Waals surface area contributed by atoms with E-state index in [4.69, 9.17) is 4.74 Å². The van der Waals surface area contributed by atoms with Crippen LogP contribution in [0.15, 0.2) is 54.9 Å². The maximum atomic E-state index is 13.7. The van der Waals surface area contributed by atoms with Crippen LogP contribution in [0, 0.1) is 12.7 Å². The van der Waals surface area contributed by atoms with Gasteiger partial charge in [-0.3, -0.25) is 0 Å². The minimum absolute atomic E-state index is 0.244. The van der Waals surface area contributed by atoms with E-state index in [0.29, 0.717) is 23.7 Å². The van der Waals surface area contributed by atoms with Gasteiger partial charge in [-0.25, -0.2) is 14.4 Å². The van der Waals surface area contributed by atoms with Gasteiger partial charge in [-0.15, -0.1) is 0 Å². The molecule has 0 bridgehead atoms. The molecule has 0 fully saturated rings. The normalized spacial score (nSPS) is 10.4. The van der Waals surface area contributed by atoms with Crippen molar-refractivity contribution in [1.29, 1.82) is 0 Å². The Morgan fingerprint density at radius 3 is 2.64 bits per heavy atom. The Morgan fingerprint density at radius 1 is 1.04 bits per heavy atom. The first-order valence-electron chi connectivity index (χ1n) is 7.86. The lowest BCUT2D eigenvalue weighted by molar-refractivity contribution is 0.416. The fourth-order valence-electron chi connectivity index (χ4n) is 2.41. The maximum Gasteiger partial charge on any atom is 0.142 e. The summed E-state index contributed by atoms with van der Waals surface area (Å²) in [6.45, 7) is 2.35. The zero-order valence-corrected chi connectivity index (χ0v) is 14.1. The van der Waals surface area contributed by atoms with Gasteiger partial charge in [0.25, 0.3) is 0 Å². The van der Waals surface area contributed by atoms with Crippen LogP contribution in [0.2, 0.25) is 0 Å². The molecule has 2 aromatic carbocycles. The number of nitrogens with zero attached hydrogens (tertiary/aromatic N) is 2. The van der Waals surface area contributed by atoms with E-state index < -0.39 is 0 Å². The zero-order valence-electron chi connectivity index (χ0n) is 14.1. The van der Waals surface area contributed by atoms with Gasteiger partial charge in [0.15, 0.2) is 0 Å². The summed E-state index contributed by atoms with van der Waals surface area (Å²) in [6.07, 6.45) is 1.45.